The monoisotopic (exact) mass is 223 g/mol. The third-order valence-corrected chi connectivity index (χ3v) is 3.15. The molecule has 0 amide bonds. The average Bonchev–Trinajstić information content (AvgIpc) is 2.28. The molecule has 15 heavy (non-hydrogen) atoms. The van der Waals surface area contributed by atoms with Gasteiger partial charge in [-0.25, -0.2) is 0 Å². The third-order valence-electron chi connectivity index (χ3n) is 3.15. The van der Waals surface area contributed by atoms with E-state index >= 15 is 0 Å². The molecule has 0 aromatic rings. The van der Waals surface area contributed by atoms with Crippen LogP contribution in [0.1, 0.15) is 51.9 Å². The summed E-state index contributed by atoms with van der Waals surface area (Å²) in [6.45, 7) is 3.00. The molecule has 1 aliphatic heterocycles. The maximum atomic E-state index is 12.0. The molecule has 0 aliphatic carbocycles. The van der Waals surface area contributed by atoms with Crippen molar-refractivity contribution in [2.24, 2.45) is 0 Å². The Balaban J connectivity index is 2.28. The van der Waals surface area contributed by atoms with Crippen molar-refractivity contribution in [3.63, 3.8) is 0 Å². The van der Waals surface area contributed by atoms with Crippen LogP contribution >= 0.6 is 0 Å². The van der Waals surface area contributed by atoms with E-state index in [1.807, 2.05) is 0 Å². The summed E-state index contributed by atoms with van der Waals surface area (Å²) in [5.41, 5.74) is -0.0677. The van der Waals surface area contributed by atoms with E-state index in [1.54, 1.807) is 0 Å². The molecular weight excluding hydrogens is 203 g/mol. The van der Waals surface area contributed by atoms with Gasteiger partial charge in [-0.05, 0) is 39.2 Å². The molecule has 0 saturated carbocycles. The number of alkyl halides is 3. The first-order valence-electron chi connectivity index (χ1n) is 5.73. The smallest absolute Gasteiger partial charge is 0.312 e. The van der Waals surface area contributed by atoms with Gasteiger partial charge in [0.2, 0.25) is 0 Å². The number of hydrogen-bond donors (Lipinski definition) is 1. The lowest BCUT2D eigenvalue weighted by Gasteiger charge is -2.29. The molecule has 1 heterocycles. The SMILES string of the molecule is CC1(CCCC(F)(F)F)CCCCCN1. The highest BCUT2D eigenvalue weighted by atomic mass is 19.4. The summed E-state index contributed by atoms with van der Waals surface area (Å²) in [6.07, 6.45) is 0.710. The van der Waals surface area contributed by atoms with Crippen LogP contribution in [0, 0.1) is 0 Å². The van der Waals surface area contributed by atoms with Crippen LogP contribution in [0.25, 0.3) is 0 Å². The first-order chi connectivity index (χ1) is 6.91. The van der Waals surface area contributed by atoms with Gasteiger partial charge < -0.3 is 5.32 Å². The van der Waals surface area contributed by atoms with E-state index in [0.717, 1.165) is 25.8 Å². The Morgan fingerprint density at radius 3 is 2.60 bits per heavy atom. The van der Waals surface area contributed by atoms with E-state index in [9.17, 15) is 13.2 Å². The van der Waals surface area contributed by atoms with Crippen LogP contribution in [0.15, 0.2) is 0 Å². The molecular formula is C11H20F3N. The van der Waals surface area contributed by atoms with Crippen molar-refractivity contribution in [2.45, 2.75) is 63.6 Å². The largest absolute Gasteiger partial charge is 0.389 e. The molecule has 1 fully saturated rings. The molecule has 1 unspecified atom stereocenters. The lowest BCUT2D eigenvalue weighted by atomic mass is 9.90. The molecule has 1 nitrogen and oxygen atoms in total. The van der Waals surface area contributed by atoms with Crippen LogP contribution < -0.4 is 5.32 Å². The summed E-state index contributed by atoms with van der Waals surface area (Å²) < 4.78 is 36.0. The Morgan fingerprint density at radius 2 is 1.93 bits per heavy atom. The lowest BCUT2D eigenvalue weighted by molar-refractivity contribution is -0.136. The fourth-order valence-corrected chi connectivity index (χ4v) is 2.19. The Hall–Kier alpha value is -0.250. The van der Waals surface area contributed by atoms with E-state index in [4.69, 9.17) is 0 Å². The van der Waals surface area contributed by atoms with Crippen molar-refractivity contribution < 1.29 is 13.2 Å². The molecule has 0 aromatic carbocycles. The van der Waals surface area contributed by atoms with E-state index in [0.29, 0.717) is 6.42 Å². The fraction of sp³-hybridized carbons (Fsp3) is 1.00. The van der Waals surface area contributed by atoms with Gasteiger partial charge in [0.05, 0.1) is 0 Å². The molecule has 1 atom stereocenters. The second kappa shape index (κ2) is 5.19. The zero-order valence-corrected chi connectivity index (χ0v) is 9.29. The molecule has 0 spiro atoms. The second-order valence-corrected chi connectivity index (χ2v) is 4.77. The van der Waals surface area contributed by atoms with Crippen molar-refractivity contribution in [2.75, 3.05) is 6.54 Å². The summed E-state index contributed by atoms with van der Waals surface area (Å²) in [7, 11) is 0. The Kier molecular flexibility index (Phi) is 4.44. The maximum Gasteiger partial charge on any atom is 0.389 e. The van der Waals surface area contributed by atoms with Gasteiger partial charge in [0, 0.05) is 12.0 Å². The number of rotatable bonds is 3. The Bertz CT molecular complexity index is 181. The highest BCUT2D eigenvalue weighted by Gasteiger charge is 2.30. The predicted molar refractivity (Wildman–Crippen MR) is 54.8 cm³/mol. The topological polar surface area (TPSA) is 12.0 Å². The normalized spacial score (nSPS) is 28.8. The van der Waals surface area contributed by atoms with Crippen LogP contribution in [0.3, 0.4) is 0 Å². The van der Waals surface area contributed by atoms with E-state index in [1.165, 1.54) is 6.42 Å². The summed E-state index contributed by atoms with van der Waals surface area (Å²) in [4.78, 5) is 0. The van der Waals surface area contributed by atoms with Gasteiger partial charge in [-0.15, -0.1) is 0 Å². The van der Waals surface area contributed by atoms with Gasteiger partial charge in [0.1, 0.15) is 0 Å². The summed E-state index contributed by atoms with van der Waals surface area (Å²) in [5.74, 6) is 0. The fourth-order valence-electron chi connectivity index (χ4n) is 2.19. The maximum absolute atomic E-state index is 12.0. The van der Waals surface area contributed by atoms with Gasteiger partial charge in [0.25, 0.3) is 0 Å². The zero-order valence-electron chi connectivity index (χ0n) is 9.29. The minimum Gasteiger partial charge on any atom is -0.312 e. The standard InChI is InChI=1S/C11H20F3N/c1-10(6-3-2-4-9-15-10)7-5-8-11(12,13)14/h15H,2-9H2,1H3. The summed E-state index contributed by atoms with van der Waals surface area (Å²) in [5, 5.41) is 3.38. The molecule has 1 saturated heterocycles. The van der Waals surface area contributed by atoms with Gasteiger partial charge in [-0.1, -0.05) is 12.8 Å². The van der Waals surface area contributed by atoms with Crippen molar-refractivity contribution >= 4 is 0 Å². The van der Waals surface area contributed by atoms with Crippen LogP contribution in [0.2, 0.25) is 0 Å². The third kappa shape index (κ3) is 5.40. The van der Waals surface area contributed by atoms with Crippen LogP contribution in [-0.4, -0.2) is 18.3 Å². The second-order valence-electron chi connectivity index (χ2n) is 4.77. The zero-order chi connectivity index (χ0) is 11.4. The predicted octanol–water partition coefficient (Wildman–Crippen LogP) is 3.64. The number of hydrogen-bond acceptors (Lipinski definition) is 1. The first-order valence-corrected chi connectivity index (χ1v) is 5.73. The van der Waals surface area contributed by atoms with Crippen molar-refractivity contribution in [3.05, 3.63) is 0 Å². The molecule has 1 aliphatic rings. The van der Waals surface area contributed by atoms with Gasteiger partial charge in [-0.2, -0.15) is 13.2 Å². The van der Waals surface area contributed by atoms with E-state index in [2.05, 4.69) is 12.2 Å². The van der Waals surface area contributed by atoms with E-state index < -0.39 is 12.6 Å². The Morgan fingerprint density at radius 1 is 1.20 bits per heavy atom. The molecule has 90 valence electrons. The minimum absolute atomic E-state index is 0.0677. The highest BCUT2D eigenvalue weighted by molar-refractivity contribution is 4.85. The van der Waals surface area contributed by atoms with Crippen LogP contribution in [0.4, 0.5) is 13.2 Å². The van der Waals surface area contributed by atoms with Gasteiger partial charge >= 0.3 is 6.18 Å². The average molecular weight is 223 g/mol. The molecule has 1 rings (SSSR count). The summed E-state index contributed by atoms with van der Waals surface area (Å²) in [6, 6.07) is 0. The summed E-state index contributed by atoms with van der Waals surface area (Å²) >= 11 is 0. The van der Waals surface area contributed by atoms with Crippen molar-refractivity contribution in [3.8, 4) is 0 Å². The van der Waals surface area contributed by atoms with Crippen LogP contribution in [0.5, 0.6) is 0 Å². The highest BCUT2D eigenvalue weighted by Crippen LogP contribution is 2.28. The quantitative estimate of drug-likeness (QED) is 0.770. The Labute approximate surface area is 89.4 Å². The lowest BCUT2D eigenvalue weighted by Crippen LogP contribution is -2.41. The van der Waals surface area contributed by atoms with Crippen molar-refractivity contribution in [1.82, 2.24) is 5.32 Å². The molecule has 4 heteroatoms. The van der Waals surface area contributed by atoms with Crippen molar-refractivity contribution in [1.29, 1.82) is 0 Å². The molecule has 0 radical (unpaired) electrons. The number of nitrogens with one attached hydrogen (secondary N) is 1. The van der Waals surface area contributed by atoms with E-state index in [-0.39, 0.29) is 12.0 Å². The minimum atomic E-state index is -4.00. The molecule has 0 bridgehead atoms. The van der Waals surface area contributed by atoms with Crippen LogP contribution in [-0.2, 0) is 0 Å². The molecule has 0 aromatic heterocycles. The van der Waals surface area contributed by atoms with Gasteiger partial charge in [-0.3, -0.25) is 0 Å². The first kappa shape index (κ1) is 12.8. The van der Waals surface area contributed by atoms with Gasteiger partial charge in [0.15, 0.2) is 0 Å². The molecule has 1 N–H and O–H groups in total. The number of halogens is 3.